The van der Waals surface area contributed by atoms with Gasteiger partial charge in [-0.25, -0.2) is 4.98 Å². The number of hydrogen-bond acceptors (Lipinski definition) is 3. The van der Waals surface area contributed by atoms with Crippen molar-refractivity contribution in [1.82, 2.24) is 4.98 Å². The minimum absolute atomic E-state index is 0.436. The van der Waals surface area contributed by atoms with Gasteiger partial charge in [0.15, 0.2) is 0 Å². The van der Waals surface area contributed by atoms with Gasteiger partial charge in [0.1, 0.15) is 10.8 Å². The fourth-order valence-corrected chi connectivity index (χ4v) is 2.40. The molecule has 0 bridgehead atoms. The second kappa shape index (κ2) is 7.43. The number of hydrogen-bond donors (Lipinski definition) is 1. The van der Waals surface area contributed by atoms with Crippen molar-refractivity contribution < 1.29 is 0 Å². The molecule has 3 nitrogen and oxygen atoms in total. The largest absolute Gasteiger partial charge is 0.389 e. The molecule has 0 fully saturated rings. The van der Waals surface area contributed by atoms with Gasteiger partial charge >= 0.3 is 0 Å². The van der Waals surface area contributed by atoms with E-state index in [9.17, 15) is 0 Å². The van der Waals surface area contributed by atoms with Gasteiger partial charge in [0.2, 0.25) is 0 Å². The molecule has 0 spiro atoms. The topological polar surface area (TPSA) is 42.2 Å². The summed E-state index contributed by atoms with van der Waals surface area (Å²) in [6.45, 7) is 9.65. The van der Waals surface area contributed by atoms with E-state index < -0.39 is 0 Å². The first-order chi connectivity index (χ1) is 9.02. The van der Waals surface area contributed by atoms with Crippen molar-refractivity contribution in [3.05, 3.63) is 23.4 Å². The number of aryl methyl sites for hydroxylation is 1. The molecule has 1 aromatic rings. The maximum absolute atomic E-state index is 5.89. The molecule has 19 heavy (non-hydrogen) atoms. The van der Waals surface area contributed by atoms with E-state index in [1.807, 2.05) is 19.2 Å². The predicted molar refractivity (Wildman–Crippen MR) is 86.9 cm³/mol. The minimum atomic E-state index is 0.436. The highest BCUT2D eigenvalue weighted by Gasteiger charge is 2.19. The smallest absolute Gasteiger partial charge is 0.139 e. The summed E-state index contributed by atoms with van der Waals surface area (Å²) in [7, 11) is 0. The normalized spacial score (nSPS) is 12.2. The lowest BCUT2D eigenvalue weighted by Crippen LogP contribution is -2.36. The van der Waals surface area contributed by atoms with E-state index in [0.29, 0.717) is 11.0 Å². The molecule has 1 unspecified atom stereocenters. The van der Waals surface area contributed by atoms with Crippen LogP contribution >= 0.6 is 12.2 Å². The highest BCUT2D eigenvalue weighted by Crippen LogP contribution is 2.24. The third-order valence-electron chi connectivity index (χ3n) is 3.53. The average molecular weight is 279 g/mol. The molecular formula is C15H25N3S. The Labute approximate surface area is 122 Å². The van der Waals surface area contributed by atoms with Crippen LogP contribution in [0.1, 0.15) is 51.2 Å². The first-order valence-electron chi connectivity index (χ1n) is 7.04. The number of pyridine rings is 1. The lowest BCUT2D eigenvalue weighted by Gasteiger charge is -2.31. The van der Waals surface area contributed by atoms with Crippen LogP contribution in [0.3, 0.4) is 0 Å². The summed E-state index contributed by atoms with van der Waals surface area (Å²) in [4.78, 5) is 7.32. The first kappa shape index (κ1) is 15.9. The Morgan fingerprint density at radius 2 is 2.16 bits per heavy atom. The van der Waals surface area contributed by atoms with Crippen LogP contribution in [0.15, 0.2) is 12.3 Å². The molecule has 1 rings (SSSR count). The molecule has 0 aromatic carbocycles. The Hall–Kier alpha value is -1.16. The molecule has 0 aliphatic heterocycles. The maximum atomic E-state index is 5.89. The number of rotatable bonds is 7. The lowest BCUT2D eigenvalue weighted by atomic mass is 10.1. The van der Waals surface area contributed by atoms with E-state index in [2.05, 4.69) is 30.7 Å². The van der Waals surface area contributed by atoms with Gasteiger partial charge in [-0.3, -0.25) is 0 Å². The summed E-state index contributed by atoms with van der Waals surface area (Å²) >= 11 is 5.20. The zero-order valence-corrected chi connectivity index (χ0v) is 13.3. The van der Waals surface area contributed by atoms with Gasteiger partial charge in [-0.1, -0.05) is 32.5 Å². The summed E-state index contributed by atoms with van der Waals surface area (Å²) in [6, 6.07) is 2.40. The molecule has 106 valence electrons. The molecule has 2 N–H and O–H groups in total. The van der Waals surface area contributed by atoms with Crippen LogP contribution in [0.5, 0.6) is 0 Å². The number of nitrogens with zero attached hydrogens (tertiary/aromatic N) is 2. The highest BCUT2D eigenvalue weighted by molar-refractivity contribution is 7.80. The van der Waals surface area contributed by atoms with Crippen LogP contribution in [0.2, 0.25) is 0 Å². The van der Waals surface area contributed by atoms with Gasteiger partial charge in [0.25, 0.3) is 0 Å². The van der Waals surface area contributed by atoms with E-state index >= 15 is 0 Å². The van der Waals surface area contributed by atoms with Gasteiger partial charge in [0.05, 0.1) is 5.56 Å². The second-order valence-electron chi connectivity index (χ2n) is 4.99. The first-order valence-corrected chi connectivity index (χ1v) is 7.45. The highest BCUT2D eigenvalue weighted by atomic mass is 32.1. The van der Waals surface area contributed by atoms with Crippen molar-refractivity contribution in [1.29, 1.82) is 0 Å². The number of anilines is 1. The summed E-state index contributed by atoms with van der Waals surface area (Å²) in [6.07, 6.45) is 5.24. The summed E-state index contributed by atoms with van der Waals surface area (Å²) < 4.78 is 0. The summed E-state index contributed by atoms with van der Waals surface area (Å²) in [5, 5.41) is 0. The van der Waals surface area contributed by atoms with Crippen LogP contribution in [-0.4, -0.2) is 22.6 Å². The average Bonchev–Trinajstić information content (AvgIpc) is 2.38. The van der Waals surface area contributed by atoms with E-state index in [-0.39, 0.29) is 0 Å². The number of aromatic nitrogens is 1. The van der Waals surface area contributed by atoms with Crippen molar-refractivity contribution >= 4 is 23.0 Å². The van der Waals surface area contributed by atoms with Crippen molar-refractivity contribution in [2.24, 2.45) is 5.73 Å². The Morgan fingerprint density at radius 3 is 2.68 bits per heavy atom. The van der Waals surface area contributed by atoms with Crippen LogP contribution in [0.25, 0.3) is 0 Å². The van der Waals surface area contributed by atoms with E-state index in [4.69, 9.17) is 18.0 Å². The predicted octanol–water partition coefficient (Wildman–Crippen LogP) is 3.43. The zero-order chi connectivity index (χ0) is 14.4. The Bertz CT molecular complexity index is 431. The van der Waals surface area contributed by atoms with E-state index in [1.165, 1.54) is 6.42 Å². The Morgan fingerprint density at radius 1 is 1.47 bits per heavy atom. The molecule has 0 aliphatic carbocycles. The molecule has 1 aromatic heterocycles. The fraction of sp³-hybridized carbons (Fsp3) is 0.600. The van der Waals surface area contributed by atoms with E-state index in [0.717, 1.165) is 36.3 Å². The van der Waals surface area contributed by atoms with Crippen LogP contribution in [-0.2, 0) is 0 Å². The second-order valence-corrected chi connectivity index (χ2v) is 5.43. The fourth-order valence-electron chi connectivity index (χ4n) is 2.15. The van der Waals surface area contributed by atoms with Crippen molar-refractivity contribution in [3.63, 3.8) is 0 Å². The van der Waals surface area contributed by atoms with Gasteiger partial charge in [-0.2, -0.15) is 0 Å². The Balaban J connectivity index is 3.21. The van der Waals surface area contributed by atoms with Gasteiger partial charge < -0.3 is 10.6 Å². The molecule has 1 atom stereocenters. The molecular weight excluding hydrogens is 254 g/mol. The molecule has 0 saturated carbocycles. The number of nitrogens with two attached hydrogens (primary N) is 1. The van der Waals surface area contributed by atoms with Gasteiger partial charge in [-0.15, -0.1) is 0 Å². The molecule has 0 saturated heterocycles. The standard InChI is InChI=1S/C15H25N3S/c1-5-7-10-18(12(4)6-2)15-13(14(16)19)11(3)8-9-17-15/h8-9,12H,5-7,10H2,1-4H3,(H2,16,19). The van der Waals surface area contributed by atoms with Crippen LogP contribution in [0.4, 0.5) is 5.82 Å². The molecule has 0 amide bonds. The molecule has 4 heteroatoms. The lowest BCUT2D eigenvalue weighted by molar-refractivity contribution is 0.589. The summed E-state index contributed by atoms with van der Waals surface area (Å²) in [5.41, 5.74) is 7.91. The number of thiocarbonyl (C=S) groups is 1. The molecule has 0 radical (unpaired) electrons. The van der Waals surface area contributed by atoms with E-state index in [1.54, 1.807) is 0 Å². The molecule has 0 aliphatic rings. The van der Waals surface area contributed by atoms with Gasteiger partial charge in [0, 0.05) is 18.8 Å². The van der Waals surface area contributed by atoms with Crippen LogP contribution in [0, 0.1) is 6.92 Å². The third kappa shape index (κ3) is 3.90. The Kier molecular flexibility index (Phi) is 6.22. The van der Waals surface area contributed by atoms with Gasteiger partial charge in [-0.05, 0) is 38.3 Å². The quantitative estimate of drug-likeness (QED) is 0.777. The SMILES string of the molecule is CCCCN(c1nccc(C)c1C(N)=S)C(C)CC. The third-order valence-corrected chi connectivity index (χ3v) is 3.74. The molecule has 1 heterocycles. The maximum Gasteiger partial charge on any atom is 0.139 e. The monoisotopic (exact) mass is 279 g/mol. The van der Waals surface area contributed by atoms with Crippen molar-refractivity contribution in [2.75, 3.05) is 11.4 Å². The number of unbranched alkanes of at least 4 members (excludes halogenated alkanes) is 1. The van der Waals surface area contributed by atoms with Crippen LogP contribution < -0.4 is 10.6 Å². The minimum Gasteiger partial charge on any atom is -0.389 e. The van der Waals surface area contributed by atoms with Crippen molar-refractivity contribution in [3.8, 4) is 0 Å². The zero-order valence-electron chi connectivity index (χ0n) is 12.4. The summed E-state index contributed by atoms with van der Waals surface area (Å²) in [5.74, 6) is 0.940. The van der Waals surface area contributed by atoms with Crippen molar-refractivity contribution in [2.45, 2.75) is 53.0 Å².